The van der Waals surface area contributed by atoms with Crippen molar-refractivity contribution in [2.75, 3.05) is 26.2 Å². The van der Waals surface area contributed by atoms with Crippen LogP contribution in [-0.4, -0.2) is 57.1 Å². The molecule has 0 aromatic carbocycles. The number of aryl methyl sites for hydroxylation is 1. The van der Waals surface area contributed by atoms with Crippen LogP contribution in [0.1, 0.15) is 44.3 Å². The Labute approximate surface area is 125 Å². The number of amides is 1. The van der Waals surface area contributed by atoms with Crippen molar-refractivity contribution in [3.63, 3.8) is 0 Å². The second kappa shape index (κ2) is 6.56. The lowest BCUT2D eigenvalue weighted by Gasteiger charge is -2.35. The molecule has 2 heterocycles. The molecule has 1 saturated heterocycles. The average Bonchev–Trinajstić information content (AvgIpc) is 3.13. The van der Waals surface area contributed by atoms with Gasteiger partial charge in [0.2, 0.25) is 5.91 Å². The summed E-state index contributed by atoms with van der Waals surface area (Å²) in [5, 5.41) is 7.11. The summed E-state index contributed by atoms with van der Waals surface area (Å²) in [5.41, 5.74) is 0. The summed E-state index contributed by atoms with van der Waals surface area (Å²) in [6.07, 6.45) is 6.11. The van der Waals surface area contributed by atoms with Gasteiger partial charge in [0.05, 0.1) is 13.1 Å². The molecule has 1 aromatic heterocycles. The highest BCUT2D eigenvalue weighted by atomic mass is 16.2. The van der Waals surface area contributed by atoms with E-state index in [1.54, 1.807) is 0 Å². The van der Waals surface area contributed by atoms with Gasteiger partial charge >= 0.3 is 0 Å². The van der Waals surface area contributed by atoms with Gasteiger partial charge in [0.15, 0.2) is 0 Å². The predicted octanol–water partition coefficient (Wildman–Crippen LogP) is 1.20. The second-order valence-corrected chi connectivity index (χ2v) is 6.25. The maximum absolute atomic E-state index is 12.3. The molecule has 21 heavy (non-hydrogen) atoms. The van der Waals surface area contributed by atoms with Gasteiger partial charge in [-0.25, -0.2) is 4.98 Å². The third-order valence-electron chi connectivity index (χ3n) is 4.62. The molecular weight excluding hydrogens is 266 g/mol. The van der Waals surface area contributed by atoms with Crippen LogP contribution in [0.25, 0.3) is 0 Å². The highest BCUT2D eigenvalue weighted by molar-refractivity contribution is 5.79. The largest absolute Gasteiger partial charge is 0.340 e. The van der Waals surface area contributed by atoms with E-state index in [-0.39, 0.29) is 5.91 Å². The number of hydrogen-bond donors (Lipinski definition) is 1. The predicted molar refractivity (Wildman–Crippen MR) is 79.6 cm³/mol. The minimum absolute atomic E-state index is 0.267. The zero-order valence-electron chi connectivity index (χ0n) is 12.8. The minimum atomic E-state index is 0.267. The molecule has 1 saturated carbocycles. The molecular formula is C15H25N5O. The summed E-state index contributed by atoms with van der Waals surface area (Å²) in [7, 11) is 0. The zero-order chi connectivity index (χ0) is 14.7. The smallest absolute Gasteiger partial charge is 0.236 e. The zero-order valence-corrected chi connectivity index (χ0v) is 12.8. The molecule has 0 radical (unpaired) electrons. The molecule has 0 atom stereocenters. The summed E-state index contributed by atoms with van der Waals surface area (Å²) in [4.78, 5) is 20.9. The first-order valence-corrected chi connectivity index (χ1v) is 8.15. The van der Waals surface area contributed by atoms with Gasteiger partial charge in [0, 0.05) is 26.1 Å². The second-order valence-electron chi connectivity index (χ2n) is 6.25. The van der Waals surface area contributed by atoms with E-state index < -0.39 is 0 Å². The van der Waals surface area contributed by atoms with E-state index in [1.807, 2.05) is 6.92 Å². The maximum Gasteiger partial charge on any atom is 0.236 e. The van der Waals surface area contributed by atoms with Crippen molar-refractivity contribution in [2.24, 2.45) is 5.92 Å². The van der Waals surface area contributed by atoms with Crippen LogP contribution in [0.3, 0.4) is 0 Å². The van der Waals surface area contributed by atoms with Crippen LogP contribution in [0.5, 0.6) is 0 Å². The van der Waals surface area contributed by atoms with E-state index in [9.17, 15) is 4.79 Å². The Morgan fingerprint density at radius 3 is 2.76 bits per heavy atom. The van der Waals surface area contributed by atoms with E-state index in [4.69, 9.17) is 0 Å². The van der Waals surface area contributed by atoms with Gasteiger partial charge in [-0.2, -0.15) is 5.10 Å². The molecule has 1 amide bonds. The average molecular weight is 291 g/mol. The number of nitrogens with one attached hydrogen (secondary N) is 1. The molecule has 116 valence electrons. The Balaban J connectivity index is 1.49. The van der Waals surface area contributed by atoms with Gasteiger partial charge in [-0.15, -0.1) is 0 Å². The number of piperazine rings is 1. The van der Waals surface area contributed by atoms with E-state index >= 15 is 0 Å². The summed E-state index contributed by atoms with van der Waals surface area (Å²) >= 11 is 0. The molecule has 2 fully saturated rings. The van der Waals surface area contributed by atoms with Gasteiger partial charge in [-0.05, 0) is 18.8 Å². The van der Waals surface area contributed by atoms with Crippen LogP contribution in [0.15, 0.2) is 0 Å². The van der Waals surface area contributed by atoms with Crippen molar-refractivity contribution in [1.29, 1.82) is 0 Å². The van der Waals surface area contributed by atoms with Gasteiger partial charge in [-0.1, -0.05) is 19.8 Å². The number of rotatable bonds is 5. The molecule has 1 aliphatic carbocycles. The molecule has 0 spiro atoms. The van der Waals surface area contributed by atoms with E-state index in [1.165, 1.54) is 25.7 Å². The molecule has 1 N–H and O–H groups in total. The maximum atomic E-state index is 12.3. The number of carbonyl (C=O) groups excluding carboxylic acids is 1. The number of nitrogens with zero attached hydrogens (tertiary/aromatic N) is 4. The van der Waals surface area contributed by atoms with Crippen LogP contribution in [0, 0.1) is 5.92 Å². The Hall–Kier alpha value is -1.43. The SMILES string of the molecule is CCc1n[nH]c(CN2CCN(CC3CCCC3)C(=O)C2)n1. The van der Waals surface area contributed by atoms with Crippen molar-refractivity contribution in [2.45, 2.75) is 45.6 Å². The summed E-state index contributed by atoms with van der Waals surface area (Å²) in [6, 6.07) is 0. The highest BCUT2D eigenvalue weighted by Crippen LogP contribution is 2.26. The van der Waals surface area contributed by atoms with Gasteiger partial charge in [-0.3, -0.25) is 14.8 Å². The number of H-pyrrole nitrogens is 1. The van der Waals surface area contributed by atoms with Crippen molar-refractivity contribution in [1.82, 2.24) is 25.0 Å². The first kappa shape index (κ1) is 14.5. The molecule has 2 aliphatic rings. The molecule has 3 rings (SSSR count). The number of aromatic nitrogens is 3. The summed E-state index contributed by atoms with van der Waals surface area (Å²) in [5.74, 6) is 2.71. The van der Waals surface area contributed by atoms with E-state index in [0.29, 0.717) is 13.1 Å². The minimum Gasteiger partial charge on any atom is -0.340 e. The van der Waals surface area contributed by atoms with Gasteiger partial charge in [0.25, 0.3) is 0 Å². The fraction of sp³-hybridized carbons (Fsp3) is 0.800. The van der Waals surface area contributed by atoms with Crippen LogP contribution in [-0.2, 0) is 17.8 Å². The number of hydrogen-bond acceptors (Lipinski definition) is 4. The normalized spacial score (nSPS) is 21.4. The van der Waals surface area contributed by atoms with E-state index in [2.05, 4.69) is 25.0 Å². The lowest BCUT2D eigenvalue weighted by atomic mass is 10.1. The van der Waals surface area contributed by atoms with Crippen LogP contribution < -0.4 is 0 Å². The number of carbonyl (C=O) groups is 1. The fourth-order valence-electron chi connectivity index (χ4n) is 3.37. The van der Waals surface area contributed by atoms with Crippen molar-refractivity contribution >= 4 is 5.91 Å². The molecule has 1 aliphatic heterocycles. The van der Waals surface area contributed by atoms with Gasteiger partial charge in [0.1, 0.15) is 11.6 Å². The standard InChI is InChI=1S/C15H25N5O/c1-2-13-16-14(18-17-13)10-19-7-8-20(15(21)11-19)9-12-5-3-4-6-12/h12H,2-11H2,1H3,(H,16,17,18). The Kier molecular flexibility index (Phi) is 4.53. The first-order valence-electron chi connectivity index (χ1n) is 8.15. The van der Waals surface area contributed by atoms with E-state index in [0.717, 1.165) is 43.6 Å². The highest BCUT2D eigenvalue weighted by Gasteiger charge is 2.27. The molecule has 6 heteroatoms. The Morgan fingerprint density at radius 2 is 2.10 bits per heavy atom. The lowest BCUT2D eigenvalue weighted by Crippen LogP contribution is -2.51. The van der Waals surface area contributed by atoms with Crippen LogP contribution >= 0.6 is 0 Å². The number of aromatic amines is 1. The third kappa shape index (κ3) is 3.61. The Bertz CT molecular complexity index is 480. The summed E-state index contributed by atoms with van der Waals surface area (Å²) in [6.45, 7) is 5.99. The quantitative estimate of drug-likeness (QED) is 0.885. The van der Waals surface area contributed by atoms with Crippen molar-refractivity contribution in [3.8, 4) is 0 Å². The molecule has 0 unspecified atom stereocenters. The van der Waals surface area contributed by atoms with Gasteiger partial charge < -0.3 is 4.90 Å². The lowest BCUT2D eigenvalue weighted by molar-refractivity contribution is -0.136. The summed E-state index contributed by atoms with van der Waals surface area (Å²) < 4.78 is 0. The van der Waals surface area contributed by atoms with Crippen molar-refractivity contribution < 1.29 is 4.79 Å². The van der Waals surface area contributed by atoms with Crippen LogP contribution in [0.4, 0.5) is 0 Å². The molecule has 1 aromatic rings. The fourth-order valence-corrected chi connectivity index (χ4v) is 3.37. The Morgan fingerprint density at radius 1 is 1.29 bits per heavy atom. The van der Waals surface area contributed by atoms with Crippen molar-refractivity contribution in [3.05, 3.63) is 11.6 Å². The topological polar surface area (TPSA) is 65.1 Å². The third-order valence-corrected chi connectivity index (χ3v) is 4.62. The first-order chi connectivity index (χ1) is 10.2. The molecule has 0 bridgehead atoms. The molecule has 6 nitrogen and oxygen atoms in total. The monoisotopic (exact) mass is 291 g/mol. The van der Waals surface area contributed by atoms with Crippen LogP contribution in [0.2, 0.25) is 0 Å².